The standard InChI is InChI=1S/C35H34FN5O7/c1-47-30-18-26-27(19-28(30)41-16-11-21(12-17-41)32(44)38-20-31(42)43)37-15-10-29(26)48-25-8-6-24(7-9-25)40-34(46)35(13-14-35)33(45)39-23-4-2-22(36)3-5-23/h2-10,15,18-19,21H,11-14,16-17,20H2,1H3,(H,38,44)(H,39,45)(H,40,46)(H,42,43). The summed E-state index contributed by atoms with van der Waals surface area (Å²) in [6.45, 7) is 0.786. The number of amides is 3. The molecule has 0 bridgehead atoms. The molecule has 1 aliphatic carbocycles. The number of fused-ring (bicyclic) bond motifs is 1. The van der Waals surface area contributed by atoms with Gasteiger partial charge < -0.3 is 35.4 Å². The van der Waals surface area contributed by atoms with E-state index in [1.54, 1.807) is 43.6 Å². The van der Waals surface area contributed by atoms with Crippen LogP contribution in [0.4, 0.5) is 21.5 Å². The van der Waals surface area contributed by atoms with Crippen LogP contribution >= 0.6 is 0 Å². The molecule has 6 rings (SSSR count). The summed E-state index contributed by atoms with van der Waals surface area (Å²) in [7, 11) is 1.58. The Morgan fingerprint density at radius 3 is 2.12 bits per heavy atom. The molecule has 1 saturated carbocycles. The highest BCUT2D eigenvalue weighted by Gasteiger charge is 2.56. The lowest BCUT2D eigenvalue weighted by atomic mass is 9.95. The van der Waals surface area contributed by atoms with Gasteiger partial charge in [-0.05, 0) is 92.4 Å². The predicted molar refractivity (Wildman–Crippen MR) is 176 cm³/mol. The van der Waals surface area contributed by atoms with E-state index in [4.69, 9.17) is 14.6 Å². The van der Waals surface area contributed by atoms with E-state index in [0.29, 0.717) is 72.9 Å². The van der Waals surface area contributed by atoms with Crippen molar-refractivity contribution in [1.82, 2.24) is 10.3 Å². The maximum atomic E-state index is 13.2. The van der Waals surface area contributed by atoms with E-state index in [1.165, 1.54) is 24.3 Å². The van der Waals surface area contributed by atoms with E-state index in [-0.39, 0.29) is 11.8 Å². The summed E-state index contributed by atoms with van der Waals surface area (Å²) < 4.78 is 25.2. The Morgan fingerprint density at radius 1 is 0.917 bits per heavy atom. The van der Waals surface area contributed by atoms with Gasteiger partial charge >= 0.3 is 5.97 Å². The van der Waals surface area contributed by atoms with Gasteiger partial charge in [0.1, 0.15) is 35.0 Å². The number of hydrogen-bond donors (Lipinski definition) is 4. The third-order valence-electron chi connectivity index (χ3n) is 8.68. The summed E-state index contributed by atoms with van der Waals surface area (Å²) >= 11 is 0. The first-order chi connectivity index (χ1) is 23.1. The molecule has 3 amide bonds. The van der Waals surface area contributed by atoms with Crippen LogP contribution in [0.15, 0.2) is 72.9 Å². The molecule has 2 fully saturated rings. The van der Waals surface area contributed by atoms with Crippen molar-refractivity contribution in [2.75, 3.05) is 42.3 Å². The number of aromatic nitrogens is 1. The van der Waals surface area contributed by atoms with Gasteiger partial charge in [0.25, 0.3) is 0 Å². The van der Waals surface area contributed by atoms with Crippen molar-refractivity contribution in [2.45, 2.75) is 25.7 Å². The van der Waals surface area contributed by atoms with E-state index in [2.05, 4.69) is 25.8 Å². The summed E-state index contributed by atoms with van der Waals surface area (Å²) in [5.41, 5.74) is 1.26. The number of nitrogens with one attached hydrogen (secondary N) is 3. The van der Waals surface area contributed by atoms with Crippen molar-refractivity contribution in [2.24, 2.45) is 11.3 Å². The molecule has 1 aliphatic heterocycles. The fourth-order valence-electron chi connectivity index (χ4n) is 5.78. The Labute approximate surface area is 275 Å². The molecule has 4 aromatic rings. The number of benzene rings is 3. The maximum Gasteiger partial charge on any atom is 0.322 e. The summed E-state index contributed by atoms with van der Waals surface area (Å²) in [6.07, 6.45) is 3.62. The minimum absolute atomic E-state index is 0.251. The van der Waals surface area contributed by atoms with Crippen LogP contribution in [0.2, 0.25) is 0 Å². The molecule has 248 valence electrons. The van der Waals surface area contributed by atoms with Gasteiger partial charge in [-0.3, -0.25) is 24.2 Å². The van der Waals surface area contributed by atoms with E-state index < -0.39 is 35.6 Å². The number of methoxy groups -OCH3 is 1. The number of rotatable bonds is 11. The minimum atomic E-state index is -1.18. The lowest BCUT2D eigenvalue weighted by Crippen LogP contribution is -2.42. The zero-order chi connectivity index (χ0) is 33.8. The van der Waals surface area contributed by atoms with Crippen LogP contribution in [0.3, 0.4) is 0 Å². The largest absolute Gasteiger partial charge is 0.495 e. The van der Waals surface area contributed by atoms with Gasteiger partial charge in [0, 0.05) is 42.0 Å². The summed E-state index contributed by atoms with van der Waals surface area (Å²) in [6, 6.07) is 17.7. The van der Waals surface area contributed by atoms with Crippen LogP contribution in [0, 0.1) is 17.2 Å². The summed E-state index contributed by atoms with van der Waals surface area (Å²) in [5, 5.41) is 17.5. The zero-order valence-corrected chi connectivity index (χ0v) is 26.1. The highest BCUT2D eigenvalue weighted by atomic mass is 19.1. The first kappa shape index (κ1) is 32.2. The van der Waals surface area contributed by atoms with Crippen LogP contribution in [-0.4, -0.2) is 60.5 Å². The second-order valence-electron chi connectivity index (χ2n) is 11.8. The fraction of sp³-hybridized carbons (Fsp3) is 0.286. The number of carboxylic acid groups (broad SMARTS) is 1. The molecule has 1 saturated heterocycles. The zero-order valence-electron chi connectivity index (χ0n) is 26.1. The normalized spacial score (nSPS) is 15.3. The maximum absolute atomic E-state index is 13.2. The number of carbonyl (C=O) groups is 4. The molecule has 48 heavy (non-hydrogen) atoms. The van der Waals surface area contributed by atoms with Crippen LogP contribution in [0.25, 0.3) is 10.9 Å². The van der Waals surface area contributed by atoms with E-state index in [9.17, 15) is 23.6 Å². The SMILES string of the molecule is COc1cc2c(Oc3ccc(NC(=O)C4(C(=O)Nc5ccc(F)cc5)CC4)cc3)ccnc2cc1N1CCC(C(=O)NCC(=O)O)CC1. The average molecular weight is 656 g/mol. The molecule has 2 aliphatic rings. The van der Waals surface area contributed by atoms with Gasteiger partial charge in [0.15, 0.2) is 0 Å². The molecular weight excluding hydrogens is 621 g/mol. The number of hydrogen-bond acceptors (Lipinski definition) is 8. The molecule has 4 N–H and O–H groups in total. The number of nitrogens with zero attached hydrogens (tertiary/aromatic N) is 2. The number of ether oxygens (including phenoxy) is 2. The van der Waals surface area contributed by atoms with Gasteiger partial charge in [-0.15, -0.1) is 0 Å². The van der Waals surface area contributed by atoms with Crippen LogP contribution in [0.5, 0.6) is 17.2 Å². The van der Waals surface area contributed by atoms with Crippen molar-refractivity contribution in [3.63, 3.8) is 0 Å². The van der Waals surface area contributed by atoms with Crippen molar-refractivity contribution in [1.29, 1.82) is 0 Å². The van der Waals surface area contributed by atoms with Crippen LogP contribution < -0.4 is 30.3 Å². The Bertz CT molecular complexity index is 1850. The number of pyridine rings is 1. The van der Waals surface area contributed by atoms with E-state index in [1.807, 2.05) is 12.1 Å². The highest BCUT2D eigenvalue weighted by Crippen LogP contribution is 2.47. The smallest absolute Gasteiger partial charge is 0.322 e. The van der Waals surface area contributed by atoms with Crippen LogP contribution in [0.1, 0.15) is 25.7 Å². The number of anilines is 3. The fourth-order valence-corrected chi connectivity index (χ4v) is 5.78. The number of halogens is 1. The lowest BCUT2D eigenvalue weighted by molar-refractivity contribution is -0.138. The molecule has 2 heterocycles. The van der Waals surface area contributed by atoms with E-state index >= 15 is 0 Å². The van der Waals surface area contributed by atoms with Gasteiger partial charge in [0.05, 0.1) is 18.3 Å². The number of piperidine rings is 1. The third kappa shape index (κ3) is 6.99. The Morgan fingerprint density at radius 2 is 1.54 bits per heavy atom. The van der Waals surface area contributed by atoms with Crippen molar-refractivity contribution in [3.8, 4) is 17.2 Å². The second kappa shape index (κ2) is 13.6. The first-order valence-corrected chi connectivity index (χ1v) is 15.5. The van der Waals surface area contributed by atoms with E-state index in [0.717, 1.165) is 11.1 Å². The highest BCUT2D eigenvalue weighted by molar-refractivity contribution is 6.16. The number of aliphatic carboxylic acids is 1. The van der Waals surface area contributed by atoms with Crippen molar-refractivity contribution < 1.29 is 38.1 Å². The molecule has 13 heteroatoms. The van der Waals surface area contributed by atoms with Crippen molar-refractivity contribution in [3.05, 3.63) is 78.7 Å². The Balaban J connectivity index is 1.10. The minimum Gasteiger partial charge on any atom is -0.495 e. The van der Waals surface area contributed by atoms with Crippen molar-refractivity contribution >= 4 is 51.7 Å². The molecule has 0 unspecified atom stereocenters. The average Bonchev–Trinajstić information content (AvgIpc) is 3.91. The molecule has 0 atom stereocenters. The molecule has 0 radical (unpaired) electrons. The number of carbonyl (C=O) groups excluding carboxylic acids is 3. The quantitative estimate of drug-likeness (QED) is 0.164. The van der Waals surface area contributed by atoms with Gasteiger partial charge in [-0.2, -0.15) is 0 Å². The van der Waals surface area contributed by atoms with Gasteiger partial charge in [-0.25, -0.2) is 4.39 Å². The number of carboxylic acids is 1. The Hall–Kier alpha value is -5.72. The van der Waals surface area contributed by atoms with Gasteiger partial charge in [0.2, 0.25) is 17.7 Å². The molecule has 1 aromatic heterocycles. The monoisotopic (exact) mass is 655 g/mol. The summed E-state index contributed by atoms with van der Waals surface area (Å²) in [5.74, 6) is -1.17. The second-order valence-corrected chi connectivity index (χ2v) is 11.8. The summed E-state index contributed by atoms with van der Waals surface area (Å²) in [4.78, 5) is 55.8. The molecule has 3 aromatic carbocycles. The molecule has 0 spiro atoms. The molecule has 12 nitrogen and oxygen atoms in total. The molecular formula is C35H34FN5O7. The lowest BCUT2D eigenvalue weighted by Gasteiger charge is -2.33. The van der Waals surface area contributed by atoms with Gasteiger partial charge in [-0.1, -0.05) is 0 Å². The third-order valence-corrected chi connectivity index (χ3v) is 8.68. The van der Waals surface area contributed by atoms with Crippen LogP contribution in [-0.2, 0) is 19.2 Å². The topological polar surface area (TPSA) is 159 Å². The first-order valence-electron chi connectivity index (χ1n) is 15.5. The predicted octanol–water partition coefficient (Wildman–Crippen LogP) is 4.95. The Kier molecular flexibility index (Phi) is 9.10.